The first-order valence-corrected chi connectivity index (χ1v) is 11.3. The minimum Gasteiger partial charge on any atom is -0.344 e. The van der Waals surface area contributed by atoms with Gasteiger partial charge in [0.2, 0.25) is 16.9 Å². The molecule has 29 heavy (non-hydrogen) atoms. The SMILES string of the molecule is CCSc1nnc(NC(=O)[C@H](NC(=O)Cc2cccc3ccccc23)C(C)C)s1. The van der Waals surface area contributed by atoms with E-state index in [-0.39, 0.29) is 24.2 Å². The molecule has 1 aromatic heterocycles. The van der Waals surface area contributed by atoms with E-state index in [0.29, 0.717) is 5.13 Å². The van der Waals surface area contributed by atoms with Crippen LogP contribution in [0.25, 0.3) is 10.8 Å². The molecule has 2 amide bonds. The van der Waals surface area contributed by atoms with E-state index >= 15 is 0 Å². The Morgan fingerprint density at radius 1 is 1.10 bits per heavy atom. The first-order chi connectivity index (χ1) is 14.0. The highest BCUT2D eigenvalue weighted by molar-refractivity contribution is 8.01. The van der Waals surface area contributed by atoms with E-state index in [1.165, 1.54) is 11.3 Å². The first-order valence-electron chi connectivity index (χ1n) is 9.51. The molecule has 0 radical (unpaired) electrons. The Balaban J connectivity index is 1.67. The molecule has 0 aliphatic heterocycles. The van der Waals surface area contributed by atoms with Crippen LogP contribution in [-0.2, 0) is 16.0 Å². The molecule has 2 N–H and O–H groups in total. The van der Waals surface area contributed by atoms with E-state index in [2.05, 4.69) is 20.8 Å². The minimum atomic E-state index is -0.649. The molecule has 0 saturated carbocycles. The number of rotatable bonds is 8. The maximum Gasteiger partial charge on any atom is 0.249 e. The predicted octanol–water partition coefficient (Wildman–Crippen LogP) is 4.13. The van der Waals surface area contributed by atoms with Crippen molar-refractivity contribution in [3.8, 4) is 0 Å². The zero-order valence-electron chi connectivity index (χ0n) is 16.6. The van der Waals surface area contributed by atoms with Gasteiger partial charge in [0.05, 0.1) is 6.42 Å². The minimum absolute atomic E-state index is 0.0659. The summed E-state index contributed by atoms with van der Waals surface area (Å²) >= 11 is 2.91. The molecule has 1 heterocycles. The summed E-state index contributed by atoms with van der Waals surface area (Å²) in [6.45, 7) is 5.84. The Hall–Kier alpha value is -2.45. The fourth-order valence-electron chi connectivity index (χ4n) is 3.00. The number of aromatic nitrogens is 2. The number of anilines is 1. The van der Waals surface area contributed by atoms with Crippen LogP contribution in [-0.4, -0.2) is 33.8 Å². The average Bonchev–Trinajstić information content (AvgIpc) is 3.13. The number of carbonyl (C=O) groups excluding carboxylic acids is 2. The van der Waals surface area contributed by atoms with E-state index < -0.39 is 6.04 Å². The Bertz CT molecular complexity index is 998. The highest BCUT2D eigenvalue weighted by Crippen LogP contribution is 2.25. The van der Waals surface area contributed by atoms with Crippen LogP contribution in [0.5, 0.6) is 0 Å². The first kappa shape index (κ1) is 21.3. The van der Waals surface area contributed by atoms with Gasteiger partial charge >= 0.3 is 0 Å². The molecule has 0 aliphatic carbocycles. The van der Waals surface area contributed by atoms with Gasteiger partial charge in [-0.15, -0.1) is 10.2 Å². The molecule has 0 fully saturated rings. The quantitative estimate of drug-likeness (QED) is 0.416. The molecule has 0 bridgehead atoms. The van der Waals surface area contributed by atoms with Crippen molar-refractivity contribution < 1.29 is 9.59 Å². The van der Waals surface area contributed by atoms with Gasteiger partial charge in [0.1, 0.15) is 6.04 Å². The third-order valence-electron chi connectivity index (χ3n) is 4.40. The highest BCUT2D eigenvalue weighted by Gasteiger charge is 2.25. The molecule has 6 nitrogen and oxygen atoms in total. The number of thioether (sulfide) groups is 1. The van der Waals surface area contributed by atoms with Gasteiger partial charge in [-0.3, -0.25) is 14.9 Å². The van der Waals surface area contributed by atoms with Crippen LogP contribution in [0.3, 0.4) is 0 Å². The summed E-state index contributed by atoms with van der Waals surface area (Å²) in [5, 5.41) is 16.3. The van der Waals surface area contributed by atoms with E-state index in [4.69, 9.17) is 0 Å². The highest BCUT2D eigenvalue weighted by atomic mass is 32.2. The molecule has 3 rings (SSSR count). The summed E-state index contributed by atoms with van der Waals surface area (Å²) in [7, 11) is 0. The molecular formula is C21H24N4O2S2. The van der Waals surface area contributed by atoms with E-state index in [9.17, 15) is 9.59 Å². The van der Waals surface area contributed by atoms with Crippen molar-refractivity contribution in [3.63, 3.8) is 0 Å². The topological polar surface area (TPSA) is 84.0 Å². The number of nitrogens with one attached hydrogen (secondary N) is 2. The molecule has 8 heteroatoms. The second kappa shape index (κ2) is 9.84. The van der Waals surface area contributed by atoms with Gasteiger partial charge in [-0.1, -0.05) is 86.3 Å². The lowest BCUT2D eigenvalue weighted by molar-refractivity contribution is -0.127. The number of amides is 2. The molecule has 1 atom stereocenters. The van der Waals surface area contributed by atoms with Crippen molar-refractivity contribution in [3.05, 3.63) is 48.0 Å². The maximum absolute atomic E-state index is 12.7. The van der Waals surface area contributed by atoms with E-state index in [1.807, 2.05) is 63.2 Å². The summed E-state index contributed by atoms with van der Waals surface area (Å²) in [5.41, 5.74) is 0.939. The Kier molecular flexibility index (Phi) is 7.22. The van der Waals surface area contributed by atoms with E-state index in [0.717, 1.165) is 26.4 Å². The molecule has 3 aromatic rings. The second-order valence-electron chi connectivity index (χ2n) is 6.90. The lowest BCUT2D eigenvalue weighted by Crippen LogP contribution is -2.47. The standard InChI is InChI=1S/C21H24N4O2S2/c1-4-28-21-25-24-20(29-21)23-19(27)18(13(2)3)22-17(26)12-15-10-7-9-14-8-5-6-11-16(14)15/h5-11,13,18H,4,12H2,1-3H3,(H,22,26)(H,23,24,27)/t18-/m1/s1. The van der Waals surface area contributed by atoms with Gasteiger partial charge in [0, 0.05) is 0 Å². The van der Waals surface area contributed by atoms with Gasteiger partial charge in [0.25, 0.3) is 0 Å². The Morgan fingerprint density at radius 3 is 2.62 bits per heavy atom. The van der Waals surface area contributed by atoms with Crippen LogP contribution < -0.4 is 10.6 Å². The van der Waals surface area contributed by atoms with Gasteiger partial charge < -0.3 is 5.32 Å². The molecule has 0 aliphatic rings. The molecular weight excluding hydrogens is 404 g/mol. The average molecular weight is 429 g/mol. The van der Waals surface area contributed by atoms with Crippen molar-refractivity contribution in [1.29, 1.82) is 0 Å². The zero-order valence-corrected chi connectivity index (χ0v) is 18.3. The molecule has 0 unspecified atom stereocenters. The lowest BCUT2D eigenvalue weighted by atomic mass is 10.0. The summed E-state index contributed by atoms with van der Waals surface area (Å²) < 4.78 is 0.809. The number of hydrogen-bond donors (Lipinski definition) is 2. The summed E-state index contributed by atoms with van der Waals surface area (Å²) in [6, 6.07) is 13.2. The van der Waals surface area contributed by atoms with Gasteiger partial charge in [-0.25, -0.2) is 0 Å². The monoisotopic (exact) mass is 428 g/mol. The third kappa shape index (κ3) is 5.55. The van der Waals surface area contributed by atoms with Crippen LogP contribution in [0.1, 0.15) is 26.3 Å². The molecule has 152 valence electrons. The number of hydrogen-bond acceptors (Lipinski definition) is 6. The summed E-state index contributed by atoms with van der Waals surface area (Å²) in [5.74, 6) is 0.357. The maximum atomic E-state index is 12.7. The molecule has 2 aromatic carbocycles. The van der Waals surface area contributed by atoms with Gasteiger partial charge in [0.15, 0.2) is 4.34 Å². The fraction of sp³-hybridized carbons (Fsp3) is 0.333. The third-order valence-corrected chi connectivity index (χ3v) is 6.26. The van der Waals surface area contributed by atoms with Crippen LogP contribution in [0.4, 0.5) is 5.13 Å². The van der Waals surface area contributed by atoms with Crippen LogP contribution in [0.2, 0.25) is 0 Å². The van der Waals surface area contributed by atoms with Crippen molar-refractivity contribution in [2.75, 3.05) is 11.1 Å². The number of fused-ring (bicyclic) bond motifs is 1. The predicted molar refractivity (Wildman–Crippen MR) is 119 cm³/mol. The van der Waals surface area contributed by atoms with Crippen LogP contribution in [0, 0.1) is 5.92 Å². The smallest absolute Gasteiger partial charge is 0.249 e. The van der Waals surface area contributed by atoms with Gasteiger partial charge in [-0.05, 0) is 28.0 Å². The normalized spacial score (nSPS) is 12.1. The van der Waals surface area contributed by atoms with Crippen LogP contribution in [0.15, 0.2) is 46.8 Å². The number of benzene rings is 2. The Morgan fingerprint density at radius 2 is 1.86 bits per heavy atom. The summed E-state index contributed by atoms with van der Waals surface area (Å²) in [6.07, 6.45) is 0.216. The van der Waals surface area contributed by atoms with Crippen molar-refractivity contribution in [2.45, 2.75) is 37.6 Å². The van der Waals surface area contributed by atoms with Crippen molar-refractivity contribution in [1.82, 2.24) is 15.5 Å². The van der Waals surface area contributed by atoms with Crippen molar-refractivity contribution >= 4 is 50.8 Å². The molecule has 0 saturated heterocycles. The van der Waals surface area contributed by atoms with E-state index in [1.54, 1.807) is 11.8 Å². The zero-order chi connectivity index (χ0) is 20.8. The largest absolute Gasteiger partial charge is 0.344 e. The number of carbonyl (C=O) groups is 2. The number of nitrogens with zero attached hydrogens (tertiary/aromatic N) is 2. The Labute approximate surface area is 178 Å². The lowest BCUT2D eigenvalue weighted by Gasteiger charge is -2.21. The second-order valence-corrected chi connectivity index (χ2v) is 9.39. The van der Waals surface area contributed by atoms with Gasteiger partial charge in [-0.2, -0.15) is 0 Å². The fourth-order valence-corrected chi connectivity index (χ4v) is 4.66. The molecule has 0 spiro atoms. The van der Waals surface area contributed by atoms with Crippen LogP contribution >= 0.6 is 23.1 Å². The van der Waals surface area contributed by atoms with Crippen molar-refractivity contribution in [2.24, 2.45) is 5.92 Å². The summed E-state index contributed by atoms with van der Waals surface area (Å²) in [4.78, 5) is 25.4.